The number of benzene rings is 3. The predicted octanol–water partition coefficient (Wildman–Crippen LogP) is 12.7. The molecule has 0 amide bonds. The Bertz CT molecular complexity index is 1950. The summed E-state index contributed by atoms with van der Waals surface area (Å²) in [6, 6.07) is 25.1. The molecule has 3 aromatic carbocycles. The van der Waals surface area contributed by atoms with Gasteiger partial charge in [0, 0.05) is 50.9 Å². The van der Waals surface area contributed by atoms with E-state index in [4.69, 9.17) is 59.4 Å². The van der Waals surface area contributed by atoms with Gasteiger partial charge in [-0.05, 0) is 53.1 Å². The Morgan fingerprint density at radius 2 is 1.50 bits per heavy atom. The van der Waals surface area contributed by atoms with E-state index < -0.39 is 26.6 Å². The lowest BCUT2D eigenvalue weighted by Gasteiger charge is -2.23. The molecule has 58 heavy (non-hydrogen) atoms. The number of unbranched alkanes of at least 4 members (excludes halogenated alkanes) is 1. The standard InChI is InChI=1S/C43H62N4O4P4S3/c1-11-14-15-32(4)40(30-52-56)37-22-16-34(17-23-37)28-45-47(8)54(58)43(33(5)41(43)12-2)38-24-18-35(19-25-38)29-44-46(7)53(57)42(6,13-3)51-39-26-20-36(21-27-39)31-55(48,49-9)50-10/h16-29,32-33,40-41H,11-15,30-31H2,1-10H3/q+2/p+1. The molecule has 9 unspecified atom stereocenters. The van der Waals surface area contributed by atoms with Crippen LogP contribution in [0, 0.1) is 17.8 Å². The molecule has 9 atom stereocenters. The SMILES string of the molecule is CCCCC(C)C(C[PH+]=S)c1ccc(C=NN(C)[P+](=S)C2(c3ccc(C=NN(C)[P+](=S)C(C)(CC)Oc4ccc(CP(=O)(OC)OC)cc4)cc3)C(C)C2CC)cc1. The molecule has 0 bridgehead atoms. The van der Waals surface area contributed by atoms with Gasteiger partial charge in [0.25, 0.3) is 5.34 Å². The van der Waals surface area contributed by atoms with E-state index in [1.54, 1.807) is 0 Å². The first-order chi connectivity index (χ1) is 27.7. The van der Waals surface area contributed by atoms with Crippen molar-refractivity contribution in [2.45, 2.75) is 96.2 Å². The second-order valence-electron chi connectivity index (χ2n) is 15.4. The highest BCUT2D eigenvalue weighted by atomic mass is 32.4. The van der Waals surface area contributed by atoms with Crippen LogP contribution in [0.4, 0.5) is 0 Å². The fourth-order valence-electron chi connectivity index (χ4n) is 7.86. The number of rotatable bonds is 24. The molecular weight excluding hydrogens is 857 g/mol. The first kappa shape index (κ1) is 48.8. The summed E-state index contributed by atoms with van der Waals surface area (Å²) in [6.07, 6.45) is 10.6. The number of hydrazone groups is 2. The van der Waals surface area contributed by atoms with Gasteiger partial charge in [-0.15, -0.1) is 19.8 Å². The fourth-order valence-corrected chi connectivity index (χ4v) is 15.6. The third-order valence-electron chi connectivity index (χ3n) is 11.8. The Hall–Kier alpha value is -1.89. The summed E-state index contributed by atoms with van der Waals surface area (Å²) < 4.78 is 33.1. The number of nitrogens with zero attached hydrogens (tertiary/aromatic N) is 4. The monoisotopic (exact) mass is 919 g/mol. The molecular formula is C43H63N4O4P4S3+3. The maximum absolute atomic E-state index is 12.6. The summed E-state index contributed by atoms with van der Waals surface area (Å²) in [6.45, 7) is 11.1. The van der Waals surface area contributed by atoms with Gasteiger partial charge in [-0.1, -0.05) is 108 Å². The van der Waals surface area contributed by atoms with Crippen molar-refractivity contribution in [3.8, 4) is 5.75 Å². The van der Waals surface area contributed by atoms with E-state index in [2.05, 4.69) is 83.1 Å². The van der Waals surface area contributed by atoms with E-state index in [1.165, 1.54) is 44.6 Å². The molecule has 1 saturated carbocycles. The van der Waals surface area contributed by atoms with Gasteiger partial charge in [0.2, 0.25) is 0 Å². The van der Waals surface area contributed by atoms with Gasteiger partial charge in [0.1, 0.15) is 11.9 Å². The molecule has 0 saturated heterocycles. The minimum atomic E-state index is -3.16. The lowest BCUT2D eigenvalue weighted by molar-refractivity contribution is 0.171. The molecule has 0 aliphatic heterocycles. The first-order valence-corrected chi connectivity index (χ1v) is 28.9. The van der Waals surface area contributed by atoms with Crippen molar-refractivity contribution in [3.05, 3.63) is 101 Å². The quantitative estimate of drug-likeness (QED) is 0.0496. The Balaban J connectivity index is 1.43. The van der Waals surface area contributed by atoms with E-state index in [-0.39, 0.29) is 11.3 Å². The third kappa shape index (κ3) is 11.7. The highest BCUT2D eigenvalue weighted by molar-refractivity contribution is 8.05. The molecule has 1 fully saturated rings. The van der Waals surface area contributed by atoms with Gasteiger partial charge in [-0.25, -0.2) is 0 Å². The van der Waals surface area contributed by atoms with Gasteiger partial charge in [-0.3, -0.25) is 4.57 Å². The van der Waals surface area contributed by atoms with Crippen LogP contribution in [-0.2, 0) is 60.4 Å². The predicted molar refractivity (Wildman–Crippen MR) is 260 cm³/mol. The molecule has 0 spiro atoms. The lowest BCUT2D eigenvalue weighted by atomic mass is 9.85. The summed E-state index contributed by atoms with van der Waals surface area (Å²) in [5, 5.41) is 8.96. The lowest BCUT2D eigenvalue weighted by Crippen LogP contribution is -2.30. The van der Waals surface area contributed by atoms with Crippen molar-refractivity contribution >= 4 is 76.5 Å². The van der Waals surface area contributed by atoms with E-state index in [1.807, 2.05) is 67.3 Å². The molecule has 15 heteroatoms. The minimum absolute atomic E-state index is 0.116. The van der Waals surface area contributed by atoms with E-state index in [9.17, 15) is 4.57 Å². The minimum Gasteiger partial charge on any atom is -0.445 e. The van der Waals surface area contributed by atoms with Crippen molar-refractivity contribution in [1.29, 1.82) is 0 Å². The summed E-state index contributed by atoms with van der Waals surface area (Å²) in [7, 11) is 4.11. The molecule has 0 radical (unpaired) electrons. The zero-order valence-corrected chi connectivity index (χ0v) is 42.0. The van der Waals surface area contributed by atoms with Crippen molar-refractivity contribution in [2.24, 2.45) is 28.0 Å². The van der Waals surface area contributed by atoms with Crippen LogP contribution in [0.15, 0.2) is 83.0 Å². The Morgan fingerprint density at radius 1 is 0.931 bits per heavy atom. The van der Waals surface area contributed by atoms with Crippen molar-refractivity contribution in [2.75, 3.05) is 34.5 Å². The summed E-state index contributed by atoms with van der Waals surface area (Å²) in [5.41, 5.74) is 5.55. The third-order valence-corrected chi connectivity index (χ3v) is 22.3. The Kier molecular flexibility index (Phi) is 18.7. The normalized spacial score (nSPS) is 20.8. The summed E-state index contributed by atoms with van der Waals surface area (Å²) in [5.74, 6) is 2.79. The topological polar surface area (TPSA) is 76.0 Å². The van der Waals surface area contributed by atoms with Crippen LogP contribution in [0.2, 0.25) is 0 Å². The summed E-state index contributed by atoms with van der Waals surface area (Å²) in [4.78, 5) is 0. The molecule has 4 rings (SSSR count). The van der Waals surface area contributed by atoms with Gasteiger partial charge in [0.15, 0.2) is 47.9 Å². The van der Waals surface area contributed by atoms with Crippen LogP contribution < -0.4 is 4.74 Å². The maximum Gasteiger partial charge on any atom is 0.358 e. The highest BCUT2D eigenvalue weighted by Gasteiger charge is 2.74. The van der Waals surface area contributed by atoms with Crippen LogP contribution in [0.1, 0.15) is 107 Å². The number of ether oxygens (including phenoxy) is 1. The fraction of sp³-hybridized carbons (Fsp3) is 0.535. The van der Waals surface area contributed by atoms with Crippen molar-refractivity contribution in [1.82, 2.24) is 9.56 Å². The van der Waals surface area contributed by atoms with E-state index >= 15 is 0 Å². The molecule has 314 valence electrons. The van der Waals surface area contributed by atoms with Gasteiger partial charge < -0.3 is 13.8 Å². The molecule has 0 heterocycles. The van der Waals surface area contributed by atoms with Crippen LogP contribution in [0.3, 0.4) is 0 Å². The van der Waals surface area contributed by atoms with E-state index in [0.29, 0.717) is 43.2 Å². The zero-order valence-electron chi connectivity index (χ0n) is 35.8. The number of hydrogen-bond donors (Lipinski definition) is 0. The van der Waals surface area contributed by atoms with Gasteiger partial charge in [0.05, 0.1) is 32.7 Å². The first-order valence-electron chi connectivity index (χ1n) is 20.2. The molecule has 0 N–H and O–H groups in total. The molecule has 3 aromatic rings. The Morgan fingerprint density at radius 3 is 2.00 bits per heavy atom. The van der Waals surface area contributed by atoms with Crippen LogP contribution in [-0.4, -0.2) is 61.8 Å². The van der Waals surface area contributed by atoms with Crippen LogP contribution >= 0.6 is 28.6 Å². The molecule has 8 nitrogen and oxygen atoms in total. The van der Waals surface area contributed by atoms with Crippen molar-refractivity contribution < 1.29 is 18.3 Å². The Labute approximate surface area is 367 Å². The van der Waals surface area contributed by atoms with Crippen LogP contribution in [0.25, 0.3) is 0 Å². The molecule has 1 aliphatic carbocycles. The number of hydrogen-bond acceptors (Lipinski definition) is 9. The molecule has 0 aromatic heterocycles. The maximum atomic E-state index is 12.6. The van der Waals surface area contributed by atoms with Crippen LogP contribution in [0.5, 0.6) is 5.75 Å². The zero-order chi connectivity index (χ0) is 42.7. The summed E-state index contributed by atoms with van der Waals surface area (Å²) >= 11 is 17.9. The second kappa shape index (κ2) is 22.3. The highest BCUT2D eigenvalue weighted by Crippen LogP contribution is 2.74. The van der Waals surface area contributed by atoms with Crippen molar-refractivity contribution in [3.63, 3.8) is 0 Å². The average molecular weight is 920 g/mol. The van der Waals surface area contributed by atoms with E-state index in [0.717, 1.165) is 29.3 Å². The average Bonchev–Trinajstić information content (AvgIpc) is 3.86. The largest absolute Gasteiger partial charge is 0.445 e. The van der Waals surface area contributed by atoms with Gasteiger partial charge >= 0.3 is 21.3 Å². The van der Waals surface area contributed by atoms with Gasteiger partial charge in [-0.2, -0.15) is 0 Å². The molecule has 1 aliphatic rings. The second-order valence-corrected chi connectivity index (χ2v) is 25.3. The smallest absolute Gasteiger partial charge is 0.358 e.